The lowest BCUT2D eigenvalue weighted by Gasteiger charge is -2.14. The van der Waals surface area contributed by atoms with Crippen LogP contribution in [0.3, 0.4) is 0 Å². The second-order valence-corrected chi connectivity index (χ2v) is 4.88. The number of rotatable bonds is 10. The Balaban J connectivity index is 2.05. The summed E-state index contributed by atoms with van der Waals surface area (Å²) in [7, 11) is 0. The number of hydrogen-bond donors (Lipinski definition) is 2. The number of carbonyl (C=O) groups is 2. The van der Waals surface area contributed by atoms with Gasteiger partial charge < -0.3 is 15.2 Å². The molecule has 0 spiro atoms. The number of hydrogen-bond acceptors (Lipinski definition) is 3. The molecule has 5 nitrogen and oxygen atoms in total. The van der Waals surface area contributed by atoms with Gasteiger partial charge in [-0.05, 0) is 32.6 Å². The highest BCUT2D eigenvalue weighted by Gasteiger charge is 2.49. The molecule has 5 heteroatoms. The van der Waals surface area contributed by atoms with E-state index in [1.165, 1.54) is 0 Å². The van der Waals surface area contributed by atoms with Crippen LogP contribution < -0.4 is 5.32 Å². The quantitative estimate of drug-likeness (QED) is 0.582. The summed E-state index contributed by atoms with van der Waals surface area (Å²) in [6, 6.07) is 0. The monoisotopic (exact) mass is 257 g/mol. The number of ether oxygens (including phenoxy) is 1. The van der Waals surface area contributed by atoms with Crippen LogP contribution in [-0.4, -0.2) is 36.7 Å². The van der Waals surface area contributed by atoms with Crippen molar-refractivity contribution in [1.82, 2.24) is 5.32 Å². The minimum Gasteiger partial charge on any atom is -0.481 e. The second-order valence-electron chi connectivity index (χ2n) is 4.88. The van der Waals surface area contributed by atoms with Crippen molar-refractivity contribution < 1.29 is 19.4 Å². The maximum absolute atomic E-state index is 11.9. The second kappa shape index (κ2) is 7.36. The van der Waals surface area contributed by atoms with Gasteiger partial charge in [-0.15, -0.1) is 0 Å². The lowest BCUT2D eigenvalue weighted by Crippen LogP contribution is -2.35. The van der Waals surface area contributed by atoms with Gasteiger partial charge in [0.25, 0.3) is 0 Å². The predicted molar refractivity (Wildman–Crippen MR) is 67.3 cm³/mol. The topological polar surface area (TPSA) is 75.6 Å². The summed E-state index contributed by atoms with van der Waals surface area (Å²) in [5.74, 6) is -0.665. The molecule has 0 unspecified atom stereocenters. The molecule has 1 fully saturated rings. The Kier molecular flexibility index (Phi) is 6.12. The average molecular weight is 257 g/mol. The van der Waals surface area contributed by atoms with Gasteiger partial charge in [0.05, 0.1) is 12.0 Å². The summed E-state index contributed by atoms with van der Waals surface area (Å²) < 4.78 is 5.33. The van der Waals surface area contributed by atoms with Gasteiger partial charge in [0.1, 0.15) is 0 Å². The van der Waals surface area contributed by atoms with Gasteiger partial charge in [-0.2, -0.15) is 0 Å². The van der Waals surface area contributed by atoms with Crippen molar-refractivity contribution in [2.45, 2.75) is 45.4 Å². The Hall–Kier alpha value is -1.10. The number of carboxylic acids is 1. The van der Waals surface area contributed by atoms with Crippen molar-refractivity contribution in [2.75, 3.05) is 19.8 Å². The third-order valence-electron chi connectivity index (χ3n) is 3.27. The number of carboxylic acid groups (broad SMARTS) is 1. The third kappa shape index (κ3) is 5.04. The van der Waals surface area contributed by atoms with Crippen molar-refractivity contribution >= 4 is 11.9 Å². The number of carbonyl (C=O) groups excluding carboxylic acids is 1. The first-order valence-corrected chi connectivity index (χ1v) is 6.68. The molecule has 0 heterocycles. The Labute approximate surface area is 108 Å². The Morgan fingerprint density at radius 3 is 2.56 bits per heavy atom. The summed E-state index contributed by atoms with van der Waals surface area (Å²) in [5, 5.41) is 11.4. The Bertz CT molecular complexity index is 287. The molecule has 0 aromatic heterocycles. The first kappa shape index (κ1) is 15.0. The Morgan fingerprint density at radius 1 is 1.28 bits per heavy atom. The molecule has 0 bridgehead atoms. The van der Waals surface area contributed by atoms with E-state index in [1.54, 1.807) is 0 Å². The van der Waals surface area contributed by atoms with E-state index in [9.17, 15) is 9.59 Å². The molecule has 1 amide bonds. The minimum absolute atomic E-state index is 0.0918. The van der Waals surface area contributed by atoms with Crippen molar-refractivity contribution in [3.8, 4) is 0 Å². The number of amides is 1. The van der Waals surface area contributed by atoms with Gasteiger partial charge in [-0.3, -0.25) is 9.59 Å². The lowest BCUT2D eigenvalue weighted by atomic mass is 10.1. The van der Waals surface area contributed by atoms with Crippen LogP contribution in [-0.2, 0) is 14.3 Å². The molecular weight excluding hydrogens is 234 g/mol. The molecule has 1 aliphatic rings. The van der Waals surface area contributed by atoms with Crippen LogP contribution in [0.5, 0.6) is 0 Å². The molecule has 0 aromatic carbocycles. The Morgan fingerprint density at radius 2 is 2.00 bits per heavy atom. The highest BCUT2D eigenvalue weighted by molar-refractivity contribution is 5.85. The first-order chi connectivity index (χ1) is 8.60. The highest BCUT2D eigenvalue weighted by Crippen LogP contribution is 2.46. The number of nitrogens with one attached hydrogen (secondary N) is 1. The molecule has 0 radical (unpaired) electrons. The largest absolute Gasteiger partial charge is 0.481 e. The molecular formula is C13H23NO4. The SMILES string of the molecule is CCOCC1(C(=O)NCCCCCC(=O)O)CC1. The van der Waals surface area contributed by atoms with E-state index in [0.29, 0.717) is 26.2 Å². The smallest absolute Gasteiger partial charge is 0.303 e. The summed E-state index contributed by atoms with van der Waals surface area (Å²) in [6.07, 6.45) is 4.39. The van der Waals surface area contributed by atoms with E-state index in [4.69, 9.17) is 9.84 Å². The molecule has 0 aromatic rings. The van der Waals surface area contributed by atoms with Crippen molar-refractivity contribution in [1.29, 1.82) is 0 Å². The normalized spacial score (nSPS) is 16.3. The maximum Gasteiger partial charge on any atom is 0.303 e. The van der Waals surface area contributed by atoms with Gasteiger partial charge in [0, 0.05) is 19.6 Å². The zero-order valence-corrected chi connectivity index (χ0v) is 11.0. The fourth-order valence-electron chi connectivity index (χ4n) is 1.85. The third-order valence-corrected chi connectivity index (χ3v) is 3.27. The van der Waals surface area contributed by atoms with Crippen LogP contribution in [0.4, 0.5) is 0 Å². The zero-order chi connectivity index (χ0) is 13.4. The van der Waals surface area contributed by atoms with E-state index in [2.05, 4.69) is 5.32 Å². The fraction of sp³-hybridized carbons (Fsp3) is 0.846. The molecule has 0 atom stereocenters. The van der Waals surface area contributed by atoms with Crippen molar-refractivity contribution in [2.24, 2.45) is 5.41 Å². The standard InChI is InChI=1S/C13H23NO4/c1-2-18-10-13(7-8-13)12(17)14-9-5-3-4-6-11(15)16/h2-10H2,1H3,(H,14,17)(H,15,16). The summed E-state index contributed by atoms with van der Waals surface area (Å²) in [6.45, 7) is 3.72. The minimum atomic E-state index is -0.757. The van der Waals surface area contributed by atoms with Gasteiger partial charge in [-0.25, -0.2) is 0 Å². The maximum atomic E-state index is 11.9. The molecule has 18 heavy (non-hydrogen) atoms. The van der Waals surface area contributed by atoms with Gasteiger partial charge >= 0.3 is 5.97 Å². The van der Waals surface area contributed by atoms with Crippen molar-refractivity contribution in [3.63, 3.8) is 0 Å². The van der Waals surface area contributed by atoms with E-state index in [1.807, 2.05) is 6.92 Å². The lowest BCUT2D eigenvalue weighted by molar-refractivity contribution is -0.137. The molecule has 2 N–H and O–H groups in total. The van der Waals surface area contributed by atoms with E-state index in [0.717, 1.165) is 25.7 Å². The van der Waals surface area contributed by atoms with E-state index in [-0.39, 0.29) is 17.7 Å². The van der Waals surface area contributed by atoms with Crippen LogP contribution in [0.1, 0.15) is 45.4 Å². The van der Waals surface area contributed by atoms with Gasteiger partial charge in [0.2, 0.25) is 5.91 Å². The molecule has 0 saturated heterocycles. The van der Waals surface area contributed by atoms with Gasteiger partial charge in [0.15, 0.2) is 0 Å². The molecule has 104 valence electrons. The number of unbranched alkanes of at least 4 members (excludes halogenated alkanes) is 2. The fourth-order valence-corrected chi connectivity index (χ4v) is 1.85. The zero-order valence-electron chi connectivity index (χ0n) is 11.0. The van der Waals surface area contributed by atoms with E-state index < -0.39 is 5.97 Å². The van der Waals surface area contributed by atoms with E-state index >= 15 is 0 Å². The van der Waals surface area contributed by atoms with Gasteiger partial charge in [-0.1, -0.05) is 6.42 Å². The van der Waals surface area contributed by atoms with Crippen LogP contribution in [0.15, 0.2) is 0 Å². The summed E-state index contributed by atoms with van der Waals surface area (Å²) in [4.78, 5) is 22.2. The van der Waals surface area contributed by atoms with Crippen LogP contribution in [0, 0.1) is 5.41 Å². The van der Waals surface area contributed by atoms with Crippen LogP contribution >= 0.6 is 0 Å². The molecule has 1 rings (SSSR count). The number of aliphatic carboxylic acids is 1. The summed E-state index contributed by atoms with van der Waals surface area (Å²) >= 11 is 0. The predicted octanol–water partition coefficient (Wildman–Crippen LogP) is 1.56. The molecule has 0 aliphatic heterocycles. The first-order valence-electron chi connectivity index (χ1n) is 6.68. The molecule has 1 aliphatic carbocycles. The summed E-state index contributed by atoms with van der Waals surface area (Å²) in [5.41, 5.74) is -0.267. The highest BCUT2D eigenvalue weighted by atomic mass is 16.5. The average Bonchev–Trinajstić information content (AvgIpc) is 3.11. The van der Waals surface area contributed by atoms with Crippen LogP contribution in [0.2, 0.25) is 0 Å². The molecule has 1 saturated carbocycles. The van der Waals surface area contributed by atoms with Crippen LogP contribution in [0.25, 0.3) is 0 Å². The van der Waals surface area contributed by atoms with Crippen molar-refractivity contribution in [3.05, 3.63) is 0 Å².